The summed E-state index contributed by atoms with van der Waals surface area (Å²) >= 11 is 0. The van der Waals surface area contributed by atoms with Crippen molar-refractivity contribution in [2.45, 2.75) is 69.4 Å². The molecule has 17 heavy (non-hydrogen) atoms. The largest absolute Gasteiger partial charge is 0.393 e. The summed E-state index contributed by atoms with van der Waals surface area (Å²) in [6, 6.07) is -0.370. The third-order valence-electron chi connectivity index (χ3n) is 3.49. The van der Waals surface area contributed by atoms with Crippen molar-refractivity contribution in [3.05, 3.63) is 0 Å². The Labute approximate surface area is 103 Å². The molecule has 6 atom stereocenters. The lowest BCUT2D eigenvalue weighted by atomic mass is 9.93. The Kier molecular flexibility index (Phi) is 5.82. The minimum Gasteiger partial charge on any atom is -0.393 e. The van der Waals surface area contributed by atoms with Crippen LogP contribution in [0.2, 0.25) is 0 Å². The van der Waals surface area contributed by atoms with Crippen molar-refractivity contribution in [3.8, 4) is 0 Å². The maximum atomic E-state index is 9.84. The molecule has 102 valence electrons. The van der Waals surface area contributed by atoms with Gasteiger partial charge in [0, 0.05) is 12.1 Å². The summed E-state index contributed by atoms with van der Waals surface area (Å²) in [6.07, 6.45) is 0.534. The summed E-state index contributed by atoms with van der Waals surface area (Å²) in [5.41, 5.74) is 11.8. The topological polar surface area (TPSA) is 113 Å². The lowest BCUT2D eigenvalue weighted by molar-refractivity contribution is -0.00439. The van der Waals surface area contributed by atoms with E-state index in [1.54, 1.807) is 0 Å². The van der Waals surface area contributed by atoms with Gasteiger partial charge >= 0.3 is 0 Å². The van der Waals surface area contributed by atoms with Crippen molar-refractivity contribution in [2.24, 2.45) is 17.4 Å². The van der Waals surface area contributed by atoms with E-state index in [9.17, 15) is 15.3 Å². The molecular formula is C12H26N2O3. The molecule has 0 saturated heterocycles. The Balaban J connectivity index is 2.65. The highest BCUT2D eigenvalue weighted by Gasteiger charge is 2.26. The SMILES string of the molecule is CC1CC(O)C(O)CC(N)CC(N)C[C@@H](O)C1. The van der Waals surface area contributed by atoms with E-state index in [0.717, 1.165) is 0 Å². The molecule has 1 saturated carbocycles. The van der Waals surface area contributed by atoms with Crippen molar-refractivity contribution >= 4 is 0 Å². The fraction of sp³-hybridized carbons (Fsp3) is 1.00. The molecule has 0 heterocycles. The van der Waals surface area contributed by atoms with Gasteiger partial charge in [0.2, 0.25) is 0 Å². The van der Waals surface area contributed by atoms with E-state index in [0.29, 0.717) is 32.1 Å². The quantitative estimate of drug-likeness (QED) is 0.389. The van der Waals surface area contributed by atoms with Crippen LogP contribution in [-0.4, -0.2) is 45.7 Å². The van der Waals surface area contributed by atoms with E-state index in [2.05, 4.69) is 0 Å². The van der Waals surface area contributed by atoms with Crippen LogP contribution in [0.3, 0.4) is 0 Å². The predicted molar refractivity (Wildman–Crippen MR) is 66.2 cm³/mol. The van der Waals surface area contributed by atoms with Gasteiger partial charge in [0.25, 0.3) is 0 Å². The summed E-state index contributed by atoms with van der Waals surface area (Å²) in [7, 11) is 0. The van der Waals surface area contributed by atoms with Gasteiger partial charge in [-0.2, -0.15) is 0 Å². The molecule has 5 nitrogen and oxygen atoms in total. The van der Waals surface area contributed by atoms with Gasteiger partial charge in [0.05, 0.1) is 18.3 Å². The number of nitrogens with two attached hydrogens (primary N) is 2. The van der Waals surface area contributed by atoms with Crippen LogP contribution in [0.25, 0.3) is 0 Å². The first kappa shape index (κ1) is 14.9. The van der Waals surface area contributed by atoms with Crippen LogP contribution in [0.5, 0.6) is 0 Å². The van der Waals surface area contributed by atoms with E-state index >= 15 is 0 Å². The summed E-state index contributed by atoms with van der Waals surface area (Å²) < 4.78 is 0. The summed E-state index contributed by atoms with van der Waals surface area (Å²) in [6.45, 7) is 1.96. The zero-order valence-electron chi connectivity index (χ0n) is 10.5. The van der Waals surface area contributed by atoms with Gasteiger partial charge in [0.15, 0.2) is 0 Å². The molecule has 0 amide bonds. The molecule has 0 aromatic carbocycles. The fourth-order valence-electron chi connectivity index (χ4n) is 2.62. The van der Waals surface area contributed by atoms with Crippen LogP contribution in [-0.2, 0) is 0 Å². The van der Waals surface area contributed by atoms with Crippen molar-refractivity contribution in [2.75, 3.05) is 0 Å². The van der Waals surface area contributed by atoms with Gasteiger partial charge in [-0.1, -0.05) is 6.92 Å². The van der Waals surface area contributed by atoms with Crippen LogP contribution in [0.4, 0.5) is 0 Å². The molecule has 1 fully saturated rings. The second-order valence-corrected chi connectivity index (χ2v) is 5.59. The standard InChI is InChI=1S/C12H26N2O3/c1-7-2-10(15)5-8(13)4-9(14)6-12(17)11(16)3-7/h7-12,15-17H,2-6,13-14H2,1H3/t7?,8?,9?,10-,11?,12?/m0/s1. The molecule has 0 aliphatic heterocycles. The number of hydrogen-bond acceptors (Lipinski definition) is 5. The normalized spacial score (nSPS) is 46.2. The predicted octanol–water partition coefficient (Wildman–Crippen LogP) is -0.676. The van der Waals surface area contributed by atoms with Gasteiger partial charge in [-0.05, 0) is 38.0 Å². The monoisotopic (exact) mass is 246 g/mol. The van der Waals surface area contributed by atoms with Gasteiger partial charge < -0.3 is 26.8 Å². The summed E-state index contributed by atoms with van der Waals surface area (Å²) in [5.74, 6) is 0.163. The molecule has 0 radical (unpaired) electrons. The minimum atomic E-state index is -0.796. The molecule has 0 aromatic heterocycles. The molecule has 5 unspecified atom stereocenters. The fourth-order valence-corrected chi connectivity index (χ4v) is 2.62. The summed E-state index contributed by atoms with van der Waals surface area (Å²) in [4.78, 5) is 0. The molecule has 0 bridgehead atoms. The molecule has 0 spiro atoms. The van der Waals surface area contributed by atoms with Gasteiger partial charge in [-0.3, -0.25) is 0 Å². The van der Waals surface area contributed by atoms with E-state index in [4.69, 9.17) is 11.5 Å². The van der Waals surface area contributed by atoms with Gasteiger partial charge in [-0.25, -0.2) is 0 Å². The van der Waals surface area contributed by atoms with Crippen molar-refractivity contribution < 1.29 is 15.3 Å². The van der Waals surface area contributed by atoms with Gasteiger partial charge in [-0.15, -0.1) is 0 Å². The molecule has 0 aromatic rings. The number of hydrogen-bond donors (Lipinski definition) is 5. The highest BCUT2D eigenvalue weighted by molar-refractivity contribution is 4.82. The Morgan fingerprint density at radius 2 is 1.29 bits per heavy atom. The molecule has 1 aliphatic rings. The second kappa shape index (κ2) is 6.66. The van der Waals surface area contributed by atoms with E-state index in [-0.39, 0.29) is 18.0 Å². The number of aliphatic hydroxyl groups is 3. The van der Waals surface area contributed by atoms with Gasteiger partial charge in [0.1, 0.15) is 0 Å². The summed E-state index contributed by atoms with van der Waals surface area (Å²) in [5, 5.41) is 29.4. The average molecular weight is 246 g/mol. The first-order valence-electron chi connectivity index (χ1n) is 6.43. The highest BCUT2D eigenvalue weighted by atomic mass is 16.3. The van der Waals surface area contributed by atoms with Crippen LogP contribution in [0.15, 0.2) is 0 Å². The molecule has 1 aliphatic carbocycles. The number of aliphatic hydroxyl groups excluding tert-OH is 3. The first-order valence-corrected chi connectivity index (χ1v) is 6.43. The van der Waals surface area contributed by atoms with Crippen molar-refractivity contribution in [1.82, 2.24) is 0 Å². The average Bonchev–Trinajstić information content (AvgIpc) is 2.15. The smallest absolute Gasteiger partial charge is 0.0813 e. The number of rotatable bonds is 0. The third-order valence-corrected chi connectivity index (χ3v) is 3.49. The van der Waals surface area contributed by atoms with E-state index in [1.165, 1.54) is 0 Å². The van der Waals surface area contributed by atoms with Crippen LogP contribution in [0, 0.1) is 5.92 Å². The Bertz CT molecular complexity index is 206. The molecule has 5 heteroatoms. The maximum Gasteiger partial charge on any atom is 0.0813 e. The van der Waals surface area contributed by atoms with Crippen LogP contribution < -0.4 is 11.5 Å². The second-order valence-electron chi connectivity index (χ2n) is 5.59. The molecule has 7 N–H and O–H groups in total. The van der Waals surface area contributed by atoms with Crippen LogP contribution in [0.1, 0.15) is 39.0 Å². The highest BCUT2D eigenvalue weighted by Crippen LogP contribution is 2.21. The lowest BCUT2D eigenvalue weighted by Crippen LogP contribution is -2.38. The third kappa shape index (κ3) is 5.31. The zero-order chi connectivity index (χ0) is 13.0. The Morgan fingerprint density at radius 3 is 1.94 bits per heavy atom. The van der Waals surface area contributed by atoms with Crippen molar-refractivity contribution in [1.29, 1.82) is 0 Å². The maximum absolute atomic E-state index is 9.84. The first-order chi connectivity index (χ1) is 7.88. The molecule has 1 rings (SSSR count). The van der Waals surface area contributed by atoms with E-state index in [1.807, 2.05) is 6.92 Å². The van der Waals surface area contributed by atoms with Crippen LogP contribution >= 0.6 is 0 Å². The lowest BCUT2D eigenvalue weighted by Gasteiger charge is -2.23. The Morgan fingerprint density at radius 1 is 0.765 bits per heavy atom. The molecular weight excluding hydrogens is 220 g/mol. The minimum absolute atomic E-state index is 0.144. The van der Waals surface area contributed by atoms with E-state index < -0.39 is 18.3 Å². The zero-order valence-corrected chi connectivity index (χ0v) is 10.5. The van der Waals surface area contributed by atoms with Crippen molar-refractivity contribution in [3.63, 3.8) is 0 Å². The Hall–Kier alpha value is -0.200.